The van der Waals surface area contributed by atoms with Crippen LogP contribution in [0.5, 0.6) is 0 Å². The smallest absolute Gasteiger partial charge is 0.253 e. The molecule has 5 rings (SSSR count). The summed E-state index contributed by atoms with van der Waals surface area (Å²) in [4.78, 5) is 12.4. The van der Waals surface area contributed by atoms with Crippen molar-refractivity contribution in [1.29, 1.82) is 0 Å². The second kappa shape index (κ2) is 8.07. The van der Waals surface area contributed by atoms with E-state index in [4.69, 9.17) is 10.5 Å². The number of hydrogen-bond acceptors (Lipinski definition) is 6. The van der Waals surface area contributed by atoms with E-state index in [2.05, 4.69) is 5.32 Å². The third-order valence-corrected chi connectivity index (χ3v) is 9.35. The summed E-state index contributed by atoms with van der Waals surface area (Å²) in [6.07, 6.45) is 2.76. The highest BCUT2D eigenvalue weighted by Crippen LogP contribution is 2.44. The summed E-state index contributed by atoms with van der Waals surface area (Å²) in [5, 5.41) is 13.1. The van der Waals surface area contributed by atoms with Gasteiger partial charge in [0, 0.05) is 17.3 Å². The topological polar surface area (TPSA) is 124 Å². The zero-order chi connectivity index (χ0) is 24.4. The predicted molar refractivity (Wildman–Crippen MR) is 124 cm³/mol. The molecule has 1 aromatic heterocycles. The first-order valence-corrected chi connectivity index (χ1v) is 13.3. The second-order valence-corrected chi connectivity index (χ2v) is 12.4. The van der Waals surface area contributed by atoms with Crippen molar-refractivity contribution in [2.75, 3.05) is 11.1 Å². The molecule has 1 amide bonds. The van der Waals surface area contributed by atoms with E-state index in [9.17, 15) is 18.3 Å². The first-order valence-electron chi connectivity index (χ1n) is 11.6. The molecule has 4 N–H and O–H groups in total. The van der Waals surface area contributed by atoms with Gasteiger partial charge in [-0.3, -0.25) is 4.79 Å². The largest absolute Gasteiger partial charge is 0.393 e. The van der Waals surface area contributed by atoms with Gasteiger partial charge >= 0.3 is 0 Å². The van der Waals surface area contributed by atoms with Crippen LogP contribution in [0.1, 0.15) is 66.8 Å². The van der Waals surface area contributed by atoms with Crippen LogP contribution in [0.3, 0.4) is 0 Å². The number of carbonyl (C=O) groups is 1. The van der Waals surface area contributed by atoms with Crippen LogP contribution in [0.2, 0.25) is 0 Å². The lowest BCUT2D eigenvalue weighted by molar-refractivity contribution is 0.0996. The SMILES string of the molecule is CC1(C)Cc2c(c3c(n2-c2cc(F)c(C(N)=O)c(N[C@H]4CC[C@H](O)CC4)c2)COC3)S(=O)(=O)C1. The number of nitrogens with zero attached hydrogens (tertiary/aromatic N) is 1. The summed E-state index contributed by atoms with van der Waals surface area (Å²) in [5.41, 5.74) is 7.48. The summed E-state index contributed by atoms with van der Waals surface area (Å²) in [6, 6.07) is 2.87. The summed E-state index contributed by atoms with van der Waals surface area (Å²) in [7, 11) is -3.54. The monoisotopic (exact) mass is 491 g/mol. The maximum absolute atomic E-state index is 15.3. The Bertz CT molecular complexity index is 1280. The minimum Gasteiger partial charge on any atom is -0.393 e. The molecule has 0 radical (unpaired) electrons. The molecule has 1 aliphatic carbocycles. The molecule has 2 aromatic rings. The number of ether oxygens (including phenoxy) is 1. The maximum atomic E-state index is 15.3. The van der Waals surface area contributed by atoms with Gasteiger partial charge in [-0.2, -0.15) is 0 Å². The average molecular weight is 492 g/mol. The van der Waals surface area contributed by atoms with Gasteiger partial charge in [-0.05, 0) is 49.7 Å². The molecule has 1 aromatic carbocycles. The number of nitrogens with one attached hydrogen (secondary N) is 1. The van der Waals surface area contributed by atoms with E-state index < -0.39 is 27.0 Å². The molecule has 34 heavy (non-hydrogen) atoms. The number of primary amides is 1. The Morgan fingerprint density at radius 1 is 1.21 bits per heavy atom. The number of benzene rings is 1. The zero-order valence-corrected chi connectivity index (χ0v) is 20.2. The van der Waals surface area contributed by atoms with Gasteiger partial charge in [-0.25, -0.2) is 12.8 Å². The molecule has 8 nitrogen and oxygen atoms in total. The number of fused-ring (bicyclic) bond motifs is 3. The van der Waals surface area contributed by atoms with Crippen LogP contribution in [0.25, 0.3) is 5.69 Å². The first-order chi connectivity index (χ1) is 16.0. The second-order valence-electron chi connectivity index (χ2n) is 10.5. The third-order valence-electron chi connectivity index (χ3n) is 7.08. The minimum atomic E-state index is -3.54. The van der Waals surface area contributed by atoms with E-state index in [1.165, 1.54) is 6.07 Å². The number of aliphatic hydroxyl groups excluding tert-OH is 1. The zero-order valence-electron chi connectivity index (χ0n) is 19.4. The lowest BCUT2D eigenvalue weighted by Gasteiger charge is -2.31. The van der Waals surface area contributed by atoms with E-state index in [0.717, 1.165) is 0 Å². The van der Waals surface area contributed by atoms with Gasteiger partial charge in [0.1, 0.15) is 5.82 Å². The number of aromatic nitrogens is 1. The molecule has 3 aliphatic rings. The highest BCUT2D eigenvalue weighted by molar-refractivity contribution is 7.91. The molecule has 0 spiro atoms. The van der Waals surface area contributed by atoms with Crippen molar-refractivity contribution in [2.24, 2.45) is 11.1 Å². The number of carbonyl (C=O) groups excluding carboxylic acids is 1. The third kappa shape index (κ3) is 3.91. The molecule has 1 fully saturated rings. The summed E-state index contributed by atoms with van der Waals surface area (Å²) in [5.74, 6) is -1.61. The van der Waals surface area contributed by atoms with Crippen molar-refractivity contribution in [2.45, 2.75) is 76.2 Å². The normalized spacial score (nSPS) is 24.9. The Hall–Kier alpha value is -2.43. The van der Waals surface area contributed by atoms with Gasteiger partial charge in [0.25, 0.3) is 5.91 Å². The van der Waals surface area contributed by atoms with Crippen molar-refractivity contribution in [1.82, 2.24) is 4.57 Å². The molecule has 10 heteroatoms. The van der Waals surface area contributed by atoms with Crippen molar-refractivity contribution in [3.63, 3.8) is 0 Å². The number of rotatable bonds is 4. The van der Waals surface area contributed by atoms with Crippen LogP contribution in [-0.2, 0) is 34.2 Å². The van der Waals surface area contributed by atoms with Gasteiger partial charge in [-0.15, -0.1) is 0 Å². The number of aliphatic hydroxyl groups is 1. The van der Waals surface area contributed by atoms with Gasteiger partial charge in [0.2, 0.25) is 0 Å². The fourth-order valence-corrected chi connectivity index (χ4v) is 8.06. The van der Waals surface area contributed by atoms with E-state index in [-0.39, 0.29) is 42.4 Å². The lowest BCUT2D eigenvalue weighted by Crippen LogP contribution is -2.33. The Labute approximate surface area is 198 Å². The van der Waals surface area contributed by atoms with Crippen molar-refractivity contribution >= 4 is 21.4 Å². The predicted octanol–water partition coefficient (Wildman–Crippen LogP) is 2.82. The number of amides is 1. The summed E-state index contributed by atoms with van der Waals surface area (Å²) < 4.78 is 49.1. The van der Waals surface area contributed by atoms with E-state index in [1.807, 2.05) is 13.8 Å². The van der Waals surface area contributed by atoms with Crippen LogP contribution in [0.15, 0.2) is 17.0 Å². The fourth-order valence-electron chi connectivity index (χ4n) is 5.71. The number of nitrogens with two attached hydrogens (primary N) is 1. The van der Waals surface area contributed by atoms with Gasteiger partial charge in [-0.1, -0.05) is 13.8 Å². The molecule has 0 atom stereocenters. The quantitative estimate of drug-likeness (QED) is 0.604. The molecule has 0 bridgehead atoms. The maximum Gasteiger partial charge on any atom is 0.253 e. The summed E-state index contributed by atoms with van der Waals surface area (Å²) >= 11 is 0. The minimum absolute atomic E-state index is 0.0388. The van der Waals surface area contributed by atoms with Crippen LogP contribution >= 0.6 is 0 Å². The first kappa shape index (κ1) is 23.3. The lowest BCUT2D eigenvalue weighted by atomic mass is 9.89. The molecular formula is C24H30FN3O5S. The standard InChI is InChI=1S/C24H30FN3O5S/c1-24(2)9-19-22(34(31,32)12-24)16-10-33-11-20(16)28(19)14-7-17(25)21(23(26)30)18(8-14)27-13-3-5-15(29)6-4-13/h7-8,13,15,27,29H,3-6,9-12H2,1-2H3,(H2,26,30)/t13-,15-. The van der Waals surface area contributed by atoms with Gasteiger partial charge in [0.15, 0.2) is 9.84 Å². The van der Waals surface area contributed by atoms with E-state index >= 15 is 4.39 Å². The number of anilines is 1. The van der Waals surface area contributed by atoms with E-state index in [0.29, 0.717) is 59.6 Å². The van der Waals surface area contributed by atoms with Gasteiger partial charge in [0.05, 0.1) is 52.6 Å². The van der Waals surface area contributed by atoms with Crippen LogP contribution in [0, 0.1) is 11.2 Å². The van der Waals surface area contributed by atoms with Crippen LogP contribution < -0.4 is 11.1 Å². The molecule has 0 saturated heterocycles. The number of hydrogen-bond donors (Lipinski definition) is 3. The molecule has 184 valence electrons. The molecule has 0 unspecified atom stereocenters. The molecule has 2 aliphatic heterocycles. The van der Waals surface area contributed by atoms with E-state index in [1.54, 1.807) is 10.6 Å². The Balaban J connectivity index is 1.67. The Morgan fingerprint density at radius 2 is 1.91 bits per heavy atom. The van der Waals surface area contributed by atoms with Crippen LogP contribution in [-0.4, -0.2) is 41.9 Å². The molecule has 1 saturated carbocycles. The Kier molecular flexibility index (Phi) is 5.53. The average Bonchev–Trinajstić information content (AvgIpc) is 3.27. The highest BCUT2D eigenvalue weighted by atomic mass is 32.2. The fraction of sp³-hybridized carbons (Fsp3) is 0.542. The van der Waals surface area contributed by atoms with Crippen molar-refractivity contribution < 1.29 is 27.4 Å². The molecule has 3 heterocycles. The van der Waals surface area contributed by atoms with Gasteiger partial charge < -0.3 is 25.5 Å². The summed E-state index contributed by atoms with van der Waals surface area (Å²) in [6.45, 7) is 4.24. The highest BCUT2D eigenvalue weighted by Gasteiger charge is 2.43. The van der Waals surface area contributed by atoms with Crippen LogP contribution in [0.4, 0.5) is 10.1 Å². The Morgan fingerprint density at radius 3 is 2.59 bits per heavy atom. The molecular weight excluding hydrogens is 461 g/mol. The van der Waals surface area contributed by atoms with Crippen molar-refractivity contribution in [3.8, 4) is 5.69 Å². The number of halogens is 1. The number of sulfone groups is 1. The van der Waals surface area contributed by atoms with Crippen molar-refractivity contribution in [3.05, 3.63) is 40.5 Å².